The van der Waals surface area contributed by atoms with Gasteiger partial charge in [-0.05, 0) is 24.3 Å². The SMILES string of the molecule is O=C(O)c1ccc(N2CC(C(=O)O)CC2=O)cc1. The fourth-order valence-electron chi connectivity index (χ4n) is 1.91. The molecule has 1 atom stereocenters. The number of carbonyl (C=O) groups is 3. The molecule has 1 aliphatic rings. The van der Waals surface area contributed by atoms with Gasteiger partial charge in [-0.3, -0.25) is 9.59 Å². The van der Waals surface area contributed by atoms with E-state index in [-0.39, 0.29) is 24.4 Å². The number of aliphatic carboxylic acids is 1. The number of anilines is 1. The Bertz CT molecular complexity index is 508. The normalized spacial score (nSPS) is 19.0. The number of carboxylic acids is 2. The Labute approximate surface area is 102 Å². The van der Waals surface area contributed by atoms with Gasteiger partial charge in [0, 0.05) is 18.7 Å². The molecule has 0 saturated carbocycles. The lowest BCUT2D eigenvalue weighted by molar-refractivity contribution is -0.141. The zero-order valence-corrected chi connectivity index (χ0v) is 9.37. The highest BCUT2D eigenvalue weighted by Gasteiger charge is 2.34. The standard InChI is InChI=1S/C12H11NO5/c14-10-5-8(12(17)18)6-13(10)9-3-1-7(2-4-9)11(15)16/h1-4,8H,5-6H2,(H,15,16)(H,17,18). The van der Waals surface area contributed by atoms with Crippen LogP contribution in [0, 0.1) is 5.92 Å². The third-order valence-electron chi connectivity index (χ3n) is 2.90. The van der Waals surface area contributed by atoms with Crippen LogP contribution in [0.1, 0.15) is 16.8 Å². The quantitative estimate of drug-likeness (QED) is 0.827. The molecule has 6 nitrogen and oxygen atoms in total. The minimum atomic E-state index is -1.04. The molecular formula is C12H11NO5. The van der Waals surface area contributed by atoms with Crippen molar-refractivity contribution in [2.45, 2.75) is 6.42 Å². The van der Waals surface area contributed by atoms with Crippen molar-refractivity contribution < 1.29 is 24.6 Å². The smallest absolute Gasteiger partial charge is 0.335 e. The van der Waals surface area contributed by atoms with Crippen molar-refractivity contribution in [3.8, 4) is 0 Å². The number of carbonyl (C=O) groups excluding carboxylic acids is 1. The van der Waals surface area contributed by atoms with E-state index in [4.69, 9.17) is 10.2 Å². The van der Waals surface area contributed by atoms with Crippen molar-refractivity contribution in [2.24, 2.45) is 5.92 Å². The summed E-state index contributed by atoms with van der Waals surface area (Å²) in [7, 11) is 0. The van der Waals surface area contributed by atoms with Crippen molar-refractivity contribution in [1.82, 2.24) is 0 Å². The van der Waals surface area contributed by atoms with E-state index in [2.05, 4.69) is 0 Å². The van der Waals surface area contributed by atoms with Crippen molar-refractivity contribution in [3.05, 3.63) is 29.8 Å². The number of rotatable bonds is 3. The molecule has 2 rings (SSSR count). The van der Waals surface area contributed by atoms with Crippen molar-refractivity contribution in [2.75, 3.05) is 11.4 Å². The van der Waals surface area contributed by atoms with Crippen LogP contribution in [0.5, 0.6) is 0 Å². The molecule has 0 spiro atoms. The number of nitrogens with zero attached hydrogens (tertiary/aromatic N) is 1. The summed E-state index contributed by atoms with van der Waals surface area (Å²) < 4.78 is 0. The summed E-state index contributed by atoms with van der Waals surface area (Å²) in [6.45, 7) is 0.126. The number of aromatic carboxylic acids is 1. The highest BCUT2D eigenvalue weighted by Crippen LogP contribution is 2.25. The van der Waals surface area contributed by atoms with E-state index in [0.29, 0.717) is 5.69 Å². The van der Waals surface area contributed by atoms with Crippen LogP contribution >= 0.6 is 0 Å². The Balaban J connectivity index is 2.19. The maximum atomic E-state index is 11.7. The molecule has 0 aliphatic carbocycles. The lowest BCUT2D eigenvalue weighted by Crippen LogP contribution is -2.25. The van der Waals surface area contributed by atoms with Crippen LogP contribution in [0.2, 0.25) is 0 Å². The molecule has 1 fully saturated rings. The number of hydrogen-bond donors (Lipinski definition) is 2. The molecule has 0 radical (unpaired) electrons. The van der Waals surface area contributed by atoms with E-state index >= 15 is 0 Å². The van der Waals surface area contributed by atoms with Gasteiger partial charge >= 0.3 is 11.9 Å². The molecule has 1 heterocycles. The van der Waals surface area contributed by atoms with Gasteiger partial charge in [0.2, 0.25) is 5.91 Å². The van der Waals surface area contributed by atoms with Gasteiger partial charge in [-0.1, -0.05) is 0 Å². The molecule has 1 aliphatic heterocycles. The van der Waals surface area contributed by atoms with Crippen molar-refractivity contribution in [1.29, 1.82) is 0 Å². The Morgan fingerprint density at radius 2 is 1.78 bits per heavy atom. The van der Waals surface area contributed by atoms with Crippen molar-refractivity contribution in [3.63, 3.8) is 0 Å². The second-order valence-electron chi connectivity index (χ2n) is 4.10. The molecule has 1 aromatic rings. The molecule has 1 amide bonds. The third-order valence-corrected chi connectivity index (χ3v) is 2.90. The number of amides is 1. The molecule has 1 aromatic carbocycles. The summed E-state index contributed by atoms with van der Waals surface area (Å²) in [5, 5.41) is 17.6. The first-order chi connectivity index (χ1) is 8.49. The Hall–Kier alpha value is -2.37. The Kier molecular flexibility index (Phi) is 3.01. The van der Waals surface area contributed by atoms with Crippen LogP contribution in [0.25, 0.3) is 0 Å². The molecule has 6 heteroatoms. The predicted molar refractivity (Wildman–Crippen MR) is 61.5 cm³/mol. The molecule has 1 saturated heterocycles. The molecule has 18 heavy (non-hydrogen) atoms. The predicted octanol–water partition coefficient (Wildman–Crippen LogP) is 0.822. The molecule has 0 aromatic heterocycles. The largest absolute Gasteiger partial charge is 0.481 e. The van der Waals surface area contributed by atoms with Gasteiger partial charge in [-0.2, -0.15) is 0 Å². The van der Waals surface area contributed by atoms with Crippen LogP contribution < -0.4 is 4.90 Å². The van der Waals surface area contributed by atoms with Gasteiger partial charge in [0.15, 0.2) is 0 Å². The maximum absolute atomic E-state index is 11.7. The lowest BCUT2D eigenvalue weighted by Gasteiger charge is -2.16. The third kappa shape index (κ3) is 2.17. The second-order valence-corrected chi connectivity index (χ2v) is 4.10. The van der Waals surface area contributed by atoms with Crippen LogP contribution in [0.3, 0.4) is 0 Å². The van der Waals surface area contributed by atoms with Gasteiger partial charge in [-0.25, -0.2) is 4.79 Å². The van der Waals surface area contributed by atoms with E-state index in [1.807, 2.05) is 0 Å². The Morgan fingerprint density at radius 1 is 1.17 bits per heavy atom. The van der Waals surface area contributed by atoms with E-state index in [9.17, 15) is 14.4 Å². The summed E-state index contributed by atoms with van der Waals surface area (Å²) in [5.74, 6) is -2.99. The van der Waals surface area contributed by atoms with Crippen LogP contribution in [0.4, 0.5) is 5.69 Å². The fraction of sp³-hybridized carbons (Fsp3) is 0.250. The van der Waals surface area contributed by atoms with E-state index in [1.54, 1.807) is 0 Å². The highest BCUT2D eigenvalue weighted by molar-refractivity contribution is 5.99. The second kappa shape index (κ2) is 4.48. The summed E-state index contributed by atoms with van der Waals surface area (Å²) in [6.07, 6.45) is -0.0178. The number of carboxylic acid groups (broad SMARTS) is 2. The average molecular weight is 249 g/mol. The van der Waals surface area contributed by atoms with Gasteiger partial charge < -0.3 is 15.1 Å². The van der Waals surface area contributed by atoms with E-state index in [0.717, 1.165) is 0 Å². The first-order valence-corrected chi connectivity index (χ1v) is 5.35. The number of benzene rings is 1. The summed E-state index contributed by atoms with van der Waals surface area (Å²) in [6, 6.07) is 5.79. The van der Waals surface area contributed by atoms with Gasteiger partial charge in [-0.15, -0.1) is 0 Å². The zero-order chi connectivity index (χ0) is 13.3. The van der Waals surface area contributed by atoms with Crippen molar-refractivity contribution >= 4 is 23.5 Å². The van der Waals surface area contributed by atoms with Gasteiger partial charge in [0.05, 0.1) is 11.5 Å². The topological polar surface area (TPSA) is 94.9 Å². The lowest BCUT2D eigenvalue weighted by atomic mass is 10.1. The Morgan fingerprint density at radius 3 is 2.22 bits per heavy atom. The first kappa shape index (κ1) is 12.1. The minimum Gasteiger partial charge on any atom is -0.481 e. The van der Waals surface area contributed by atoms with E-state index in [1.165, 1.54) is 29.2 Å². The maximum Gasteiger partial charge on any atom is 0.335 e. The monoisotopic (exact) mass is 249 g/mol. The first-order valence-electron chi connectivity index (χ1n) is 5.35. The number of hydrogen-bond acceptors (Lipinski definition) is 3. The molecule has 0 bridgehead atoms. The summed E-state index contributed by atoms with van der Waals surface area (Å²) in [5.41, 5.74) is 0.647. The van der Waals surface area contributed by atoms with Crippen LogP contribution in [-0.2, 0) is 9.59 Å². The molecule has 2 N–H and O–H groups in total. The molecular weight excluding hydrogens is 238 g/mol. The van der Waals surface area contributed by atoms with Gasteiger partial charge in [0.1, 0.15) is 0 Å². The summed E-state index contributed by atoms with van der Waals surface area (Å²) in [4.78, 5) is 34.5. The zero-order valence-electron chi connectivity index (χ0n) is 9.37. The molecule has 94 valence electrons. The van der Waals surface area contributed by atoms with Crippen LogP contribution in [-0.4, -0.2) is 34.6 Å². The fourth-order valence-corrected chi connectivity index (χ4v) is 1.91. The molecule has 1 unspecified atom stereocenters. The highest BCUT2D eigenvalue weighted by atomic mass is 16.4. The van der Waals surface area contributed by atoms with Gasteiger partial charge in [0.25, 0.3) is 0 Å². The average Bonchev–Trinajstić information content (AvgIpc) is 2.71. The minimum absolute atomic E-state index is 0.0178. The van der Waals surface area contributed by atoms with Crippen LogP contribution in [0.15, 0.2) is 24.3 Å². The van der Waals surface area contributed by atoms with E-state index < -0.39 is 17.9 Å². The summed E-state index contributed by atoms with van der Waals surface area (Å²) >= 11 is 0.